The number of benzene rings is 1. The number of hydrogen-bond acceptors (Lipinski definition) is 3. The van der Waals surface area contributed by atoms with Crippen LogP contribution in [0.1, 0.15) is 25.0 Å². The van der Waals surface area contributed by atoms with Crippen molar-refractivity contribution >= 4 is 0 Å². The van der Waals surface area contributed by atoms with Gasteiger partial charge in [0.05, 0.1) is 6.61 Å². The largest absolute Gasteiger partial charge is 0.395 e. The van der Waals surface area contributed by atoms with Gasteiger partial charge in [-0.25, -0.2) is 0 Å². The SMILES string of the molecule is Cc1cccc(C(C)(C)CNCC(N)CO)c1. The van der Waals surface area contributed by atoms with Gasteiger partial charge in [0.15, 0.2) is 0 Å². The van der Waals surface area contributed by atoms with Gasteiger partial charge in [0.1, 0.15) is 0 Å². The molecule has 0 aromatic heterocycles. The third kappa shape index (κ3) is 4.46. The second-order valence-corrected chi connectivity index (χ2v) is 5.33. The Morgan fingerprint density at radius 3 is 2.71 bits per heavy atom. The Morgan fingerprint density at radius 2 is 2.12 bits per heavy atom. The lowest BCUT2D eigenvalue weighted by Gasteiger charge is -2.26. The van der Waals surface area contributed by atoms with Gasteiger partial charge in [-0.15, -0.1) is 0 Å². The predicted molar refractivity (Wildman–Crippen MR) is 72.1 cm³/mol. The van der Waals surface area contributed by atoms with Crippen LogP contribution in [0.25, 0.3) is 0 Å². The molecule has 3 heteroatoms. The highest BCUT2D eigenvalue weighted by atomic mass is 16.3. The van der Waals surface area contributed by atoms with E-state index >= 15 is 0 Å². The molecular formula is C14H24N2O. The van der Waals surface area contributed by atoms with Crippen LogP contribution in [-0.4, -0.2) is 30.8 Å². The van der Waals surface area contributed by atoms with Crippen LogP contribution in [-0.2, 0) is 5.41 Å². The molecule has 0 saturated heterocycles. The number of aryl methyl sites for hydroxylation is 1. The minimum absolute atomic E-state index is 0.0257. The Kier molecular flexibility index (Phi) is 5.12. The molecule has 0 radical (unpaired) electrons. The maximum absolute atomic E-state index is 8.85. The highest BCUT2D eigenvalue weighted by molar-refractivity contribution is 5.28. The Hall–Kier alpha value is -0.900. The van der Waals surface area contributed by atoms with Gasteiger partial charge in [-0.05, 0) is 12.5 Å². The van der Waals surface area contributed by atoms with Crippen LogP contribution in [0.5, 0.6) is 0 Å². The molecule has 1 aromatic rings. The van der Waals surface area contributed by atoms with Crippen molar-refractivity contribution in [2.24, 2.45) is 5.73 Å². The van der Waals surface area contributed by atoms with Gasteiger partial charge in [0.25, 0.3) is 0 Å². The molecule has 96 valence electrons. The van der Waals surface area contributed by atoms with E-state index in [4.69, 9.17) is 10.8 Å². The van der Waals surface area contributed by atoms with Crippen LogP contribution in [0.3, 0.4) is 0 Å². The van der Waals surface area contributed by atoms with Gasteiger partial charge in [-0.3, -0.25) is 0 Å². The van der Waals surface area contributed by atoms with E-state index in [1.807, 2.05) is 0 Å². The third-order valence-electron chi connectivity index (χ3n) is 3.01. The van der Waals surface area contributed by atoms with Gasteiger partial charge in [0, 0.05) is 24.5 Å². The fourth-order valence-corrected chi connectivity index (χ4v) is 1.80. The first kappa shape index (κ1) is 14.2. The zero-order valence-electron chi connectivity index (χ0n) is 11.0. The van der Waals surface area contributed by atoms with E-state index in [1.165, 1.54) is 11.1 Å². The number of rotatable bonds is 6. The van der Waals surface area contributed by atoms with Gasteiger partial charge in [-0.2, -0.15) is 0 Å². The smallest absolute Gasteiger partial charge is 0.0594 e. The molecule has 0 aliphatic rings. The maximum Gasteiger partial charge on any atom is 0.0594 e. The van der Waals surface area contributed by atoms with Crippen LogP contribution in [0.2, 0.25) is 0 Å². The zero-order chi connectivity index (χ0) is 12.9. The number of aliphatic hydroxyl groups excluding tert-OH is 1. The summed E-state index contributed by atoms with van der Waals surface area (Å²) in [6.45, 7) is 8.04. The van der Waals surface area contributed by atoms with Crippen molar-refractivity contribution < 1.29 is 5.11 Å². The van der Waals surface area contributed by atoms with E-state index in [2.05, 4.69) is 50.4 Å². The molecule has 0 amide bonds. The molecule has 1 unspecified atom stereocenters. The quantitative estimate of drug-likeness (QED) is 0.695. The lowest BCUT2D eigenvalue weighted by atomic mass is 9.84. The van der Waals surface area contributed by atoms with Gasteiger partial charge in [-0.1, -0.05) is 43.7 Å². The van der Waals surface area contributed by atoms with E-state index in [9.17, 15) is 0 Å². The summed E-state index contributed by atoms with van der Waals surface area (Å²) in [6.07, 6.45) is 0. The Balaban J connectivity index is 2.56. The van der Waals surface area contributed by atoms with Crippen molar-refractivity contribution in [3.8, 4) is 0 Å². The van der Waals surface area contributed by atoms with Crippen molar-refractivity contribution in [1.82, 2.24) is 5.32 Å². The van der Waals surface area contributed by atoms with Crippen molar-refractivity contribution in [3.63, 3.8) is 0 Å². The summed E-state index contributed by atoms with van der Waals surface area (Å²) in [5, 5.41) is 12.2. The standard InChI is InChI=1S/C14H24N2O/c1-11-5-4-6-12(7-11)14(2,3)10-16-8-13(15)9-17/h4-7,13,16-17H,8-10,15H2,1-3H3. The summed E-state index contributed by atoms with van der Waals surface area (Å²) < 4.78 is 0. The monoisotopic (exact) mass is 236 g/mol. The molecule has 17 heavy (non-hydrogen) atoms. The van der Waals surface area contributed by atoms with Crippen molar-refractivity contribution in [2.75, 3.05) is 19.7 Å². The molecule has 1 aromatic carbocycles. The summed E-state index contributed by atoms with van der Waals surface area (Å²) in [5.74, 6) is 0. The third-order valence-corrected chi connectivity index (χ3v) is 3.01. The first-order chi connectivity index (χ1) is 7.95. The Bertz CT molecular complexity index is 350. The maximum atomic E-state index is 8.85. The molecule has 0 aliphatic carbocycles. The van der Waals surface area contributed by atoms with Crippen LogP contribution in [0.4, 0.5) is 0 Å². The van der Waals surface area contributed by atoms with Crippen molar-refractivity contribution in [2.45, 2.75) is 32.2 Å². The van der Waals surface area contributed by atoms with Crippen molar-refractivity contribution in [1.29, 1.82) is 0 Å². The molecule has 0 fully saturated rings. The summed E-state index contributed by atoms with van der Waals surface area (Å²) in [6, 6.07) is 8.39. The summed E-state index contributed by atoms with van der Waals surface area (Å²) in [7, 11) is 0. The molecule has 0 heterocycles. The molecule has 1 atom stereocenters. The zero-order valence-corrected chi connectivity index (χ0v) is 11.0. The fourth-order valence-electron chi connectivity index (χ4n) is 1.80. The van der Waals surface area contributed by atoms with Crippen LogP contribution in [0.15, 0.2) is 24.3 Å². The lowest BCUT2D eigenvalue weighted by molar-refractivity contribution is 0.260. The molecule has 4 N–H and O–H groups in total. The molecule has 1 rings (SSSR count). The Morgan fingerprint density at radius 1 is 1.41 bits per heavy atom. The number of nitrogens with one attached hydrogen (secondary N) is 1. The summed E-state index contributed by atoms with van der Waals surface area (Å²) in [4.78, 5) is 0. The van der Waals surface area contributed by atoms with Gasteiger partial charge in [0.2, 0.25) is 0 Å². The van der Waals surface area contributed by atoms with Crippen molar-refractivity contribution in [3.05, 3.63) is 35.4 Å². The van der Waals surface area contributed by atoms with E-state index in [1.54, 1.807) is 0 Å². The van der Waals surface area contributed by atoms with Gasteiger partial charge >= 0.3 is 0 Å². The second-order valence-electron chi connectivity index (χ2n) is 5.33. The highest BCUT2D eigenvalue weighted by Crippen LogP contribution is 2.22. The van der Waals surface area contributed by atoms with E-state index in [-0.39, 0.29) is 18.1 Å². The van der Waals surface area contributed by atoms with Gasteiger partial charge < -0.3 is 16.2 Å². The number of aliphatic hydroxyl groups is 1. The predicted octanol–water partition coefficient (Wildman–Crippen LogP) is 1.18. The molecular weight excluding hydrogens is 212 g/mol. The summed E-state index contributed by atoms with van der Waals surface area (Å²) >= 11 is 0. The first-order valence-electron chi connectivity index (χ1n) is 6.10. The molecule has 0 saturated carbocycles. The van der Waals surface area contributed by atoms with Crippen LogP contribution >= 0.6 is 0 Å². The average Bonchev–Trinajstić information content (AvgIpc) is 2.28. The normalized spacial score (nSPS) is 13.7. The molecule has 0 bridgehead atoms. The fraction of sp³-hybridized carbons (Fsp3) is 0.571. The molecule has 0 spiro atoms. The summed E-state index contributed by atoms with van der Waals surface area (Å²) in [5.41, 5.74) is 8.33. The first-order valence-corrected chi connectivity index (χ1v) is 6.10. The number of hydrogen-bond donors (Lipinski definition) is 3. The Labute approximate surface area is 104 Å². The highest BCUT2D eigenvalue weighted by Gasteiger charge is 2.20. The topological polar surface area (TPSA) is 58.3 Å². The minimum Gasteiger partial charge on any atom is -0.395 e. The van der Waals surface area contributed by atoms with E-state index in [0.717, 1.165) is 6.54 Å². The van der Waals surface area contributed by atoms with E-state index < -0.39 is 0 Å². The molecule has 3 nitrogen and oxygen atoms in total. The van der Waals surface area contributed by atoms with E-state index in [0.29, 0.717) is 6.54 Å². The molecule has 0 aliphatic heterocycles. The number of nitrogens with two attached hydrogens (primary N) is 1. The lowest BCUT2D eigenvalue weighted by Crippen LogP contribution is -2.41. The second kappa shape index (κ2) is 6.15. The van der Waals surface area contributed by atoms with Crippen LogP contribution in [0, 0.1) is 6.92 Å². The minimum atomic E-state index is -0.177. The average molecular weight is 236 g/mol. The van der Waals surface area contributed by atoms with Crippen LogP contribution < -0.4 is 11.1 Å².